The molecule has 0 radical (unpaired) electrons. The number of carbonyl (C=O) groups excluding carboxylic acids is 1. The fourth-order valence-electron chi connectivity index (χ4n) is 4.22. The molecule has 3 heteroatoms. The molecule has 0 heterocycles. The highest BCUT2D eigenvalue weighted by Gasteiger charge is 2.43. The van der Waals surface area contributed by atoms with E-state index in [1.165, 1.54) is 11.1 Å². The third kappa shape index (κ3) is 3.96. The van der Waals surface area contributed by atoms with Crippen molar-refractivity contribution in [2.45, 2.75) is 38.4 Å². The second-order valence-electron chi connectivity index (χ2n) is 7.95. The molecular formula is C26H27NO2. The lowest BCUT2D eigenvalue weighted by Crippen LogP contribution is -2.53. The zero-order chi connectivity index (χ0) is 20.3. The maximum absolute atomic E-state index is 13.7. The molecular weight excluding hydrogens is 358 g/mol. The molecule has 148 valence electrons. The molecule has 0 fully saturated rings. The summed E-state index contributed by atoms with van der Waals surface area (Å²) >= 11 is 0. The van der Waals surface area contributed by atoms with Gasteiger partial charge in [-0.05, 0) is 54.7 Å². The van der Waals surface area contributed by atoms with Crippen LogP contribution in [0.25, 0.3) is 0 Å². The predicted molar refractivity (Wildman–Crippen MR) is 116 cm³/mol. The number of benzene rings is 3. The maximum Gasteiger partial charge on any atom is 0.183 e. The number of aryl methyl sites for hydroxylation is 1. The van der Waals surface area contributed by atoms with Crippen molar-refractivity contribution < 1.29 is 9.53 Å². The summed E-state index contributed by atoms with van der Waals surface area (Å²) in [5.41, 5.74) is 3.81. The summed E-state index contributed by atoms with van der Waals surface area (Å²) in [5.74, 6) is 1.01. The van der Waals surface area contributed by atoms with E-state index < -0.39 is 5.54 Å². The summed E-state index contributed by atoms with van der Waals surface area (Å²) in [6, 6.07) is 26.6. The normalized spacial score (nSPS) is 18.5. The van der Waals surface area contributed by atoms with Gasteiger partial charge in [-0.1, -0.05) is 60.7 Å². The molecule has 3 aromatic carbocycles. The monoisotopic (exact) mass is 385 g/mol. The van der Waals surface area contributed by atoms with Gasteiger partial charge in [0.25, 0.3) is 0 Å². The molecule has 3 aromatic rings. The van der Waals surface area contributed by atoms with Crippen LogP contribution in [0.1, 0.15) is 40.4 Å². The first kappa shape index (κ1) is 19.4. The molecule has 1 aliphatic rings. The van der Waals surface area contributed by atoms with Gasteiger partial charge in [-0.25, -0.2) is 0 Å². The zero-order valence-corrected chi connectivity index (χ0v) is 17.1. The molecule has 0 saturated carbocycles. The van der Waals surface area contributed by atoms with Gasteiger partial charge in [0.1, 0.15) is 5.75 Å². The number of methoxy groups -OCH3 is 1. The molecule has 29 heavy (non-hydrogen) atoms. The van der Waals surface area contributed by atoms with E-state index in [2.05, 4.69) is 60.4 Å². The van der Waals surface area contributed by atoms with Crippen LogP contribution in [0.15, 0.2) is 78.9 Å². The Labute approximate surface area is 172 Å². The summed E-state index contributed by atoms with van der Waals surface area (Å²) in [6.07, 6.45) is 1.67. The first-order chi connectivity index (χ1) is 14.1. The van der Waals surface area contributed by atoms with Crippen molar-refractivity contribution in [2.75, 3.05) is 7.11 Å². The van der Waals surface area contributed by atoms with Crippen molar-refractivity contribution in [3.05, 3.63) is 101 Å². The highest BCUT2D eigenvalue weighted by molar-refractivity contribution is 6.05. The minimum Gasteiger partial charge on any atom is -0.497 e. The Bertz CT molecular complexity index is 943. The van der Waals surface area contributed by atoms with Crippen molar-refractivity contribution >= 4 is 5.78 Å². The molecule has 4 rings (SSSR count). The maximum atomic E-state index is 13.7. The summed E-state index contributed by atoms with van der Waals surface area (Å²) in [5, 5.41) is 0. The quantitative estimate of drug-likeness (QED) is 0.578. The van der Waals surface area contributed by atoms with Gasteiger partial charge >= 0.3 is 0 Å². The van der Waals surface area contributed by atoms with Crippen LogP contribution in [0.5, 0.6) is 5.75 Å². The average molecular weight is 386 g/mol. The zero-order valence-electron chi connectivity index (χ0n) is 17.1. The molecule has 1 unspecified atom stereocenters. The van der Waals surface area contributed by atoms with Gasteiger partial charge in [0.05, 0.1) is 12.6 Å². The van der Waals surface area contributed by atoms with Crippen LogP contribution >= 0.6 is 0 Å². The molecule has 0 saturated heterocycles. The fourth-order valence-corrected chi connectivity index (χ4v) is 4.22. The van der Waals surface area contributed by atoms with Crippen molar-refractivity contribution in [2.24, 2.45) is 0 Å². The minimum absolute atomic E-state index is 0.202. The van der Waals surface area contributed by atoms with Gasteiger partial charge in [-0.15, -0.1) is 0 Å². The number of Topliss-reactive ketones (excluding diaryl/α,β-unsaturated/α-hetero) is 1. The van der Waals surface area contributed by atoms with Crippen LogP contribution in [-0.4, -0.2) is 23.3 Å². The Balaban J connectivity index is 1.69. The average Bonchev–Trinajstić information content (AvgIpc) is 2.77. The van der Waals surface area contributed by atoms with Crippen molar-refractivity contribution in [3.63, 3.8) is 0 Å². The molecule has 1 atom stereocenters. The third-order valence-electron chi connectivity index (χ3n) is 6.06. The van der Waals surface area contributed by atoms with E-state index in [1.54, 1.807) is 7.11 Å². The molecule has 1 aliphatic carbocycles. The highest BCUT2D eigenvalue weighted by atomic mass is 16.5. The molecule has 3 nitrogen and oxygen atoms in total. The Morgan fingerprint density at radius 3 is 2.03 bits per heavy atom. The number of ether oxygens (including phenoxy) is 1. The van der Waals surface area contributed by atoms with Gasteiger partial charge in [0.2, 0.25) is 0 Å². The molecule has 0 amide bonds. The summed E-state index contributed by atoms with van der Waals surface area (Å²) in [4.78, 5) is 16.0. The standard InChI is InChI=1S/C26H27NO2/c1-26(16-15-22-17-23(29-2)13-14-24(22)25(26)28)27(18-20-9-5-3-6-10-20)19-21-11-7-4-8-12-21/h3-14,17H,15-16,18-19H2,1-2H3. The van der Waals surface area contributed by atoms with Crippen LogP contribution in [0.2, 0.25) is 0 Å². The van der Waals surface area contributed by atoms with Gasteiger partial charge < -0.3 is 4.74 Å². The van der Waals surface area contributed by atoms with Gasteiger partial charge in [-0.3, -0.25) is 9.69 Å². The van der Waals surface area contributed by atoms with Gasteiger partial charge in [-0.2, -0.15) is 0 Å². The van der Waals surface area contributed by atoms with E-state index in [0.29, 0.717) is 0 Å². The van der Waals surface area contributed by atoms with E-state index in [-0.39, 0.29) is 5.78 Å². The van der Waals surface area contributed by atoms with E-state index in [0.717, 1.165) is 42.8 Å². The Morgan fingerprint density at radius 2 is 1.48 bits per heavy atom. The second-order valence-corrected chi connectivity index (χ2v) is 7.95. The number of carbonyl (C=O) groups is 1. The van der Waals surface area contributed by atoms with Gasteiger partial charge in [0.15, 0.2) is 5.78 Å². The molecule has 0 aromatic heterocycles. The summed E-state index contributed by atoms with van der Waals surface area (Å²) < 4.78 is 5.35. The predicted octanol–water partition coefficient (Wildman–Crippen LogP) is 5.29. The van der Waals surface area contributed by atoms with Crippen molar-refractivity contribution in [3.8, 4) is 5.75 Å². The fraction of sp³-hybridized carbons (Fsp3) is 0.269. The molecule has 0 spiro atoms. The number of hydrogen-bond donors (Lipinski definition) is 0. The first-order valence-corrected chi connectivity index (χ1v) is 10.1. The lowest BCUT2D eigenvalue weighted by molar-refractivity contribution is 0.0474. The van der Waals surface area contributed by atoms with Crippen LogP contribution < -0.4 is 4.74 Å². The van der Waals surface area contributed by atoms with E-state index in [9.17, 15) is 4.79 Å². The van der Waals surface area contributed by atoms with Crippen molar-refractivity contribution in [1.29, 1.82) is 0 Å². The number of fused-ring (bicyclic) bond motifs is 1. The van der Waals surface area contributed by atoms with E-state index in [4.69, 9.17) is 4.74 Å². The highest BCUT2D eigenvalue weighted by Crippen LogP contribution is 2.36. The Morgan fingerprint density at radius 1 is 0.897 bits per heavy atom. The van der Waals surface area contributed by atoms with Crippen molar-refractivity contribution in [1.82, 2.24) is 4.90 Å². The first-order valence-electron chi connectivity index (χ1n) is 10.1. The van der Waals surface area contributed by atoms with Crippen LogP contribution in [0.3, 0.4) is 0 Å². The smallest absolute Gasteiger partial charge is 0.183 e. The minimum atomic E-state index is -0.548. The number of hydrogen-bond acceptors (Lipinski definition) is 3. The van der Waals surface area contributed by atoms with Crippen LogP contribution in [-0.2, 0) is 19.5 Å². The second kappa shape index (κ2) is 8.22. The summed E-state index contributed by atoms with van der Waals surface area (Å²) in [6.45, 7) is 3.58. The number of nitrogens with zero attached hydrogens (tertiary/aromatic N) is 1. The summed E-state index contributed by atoms with van der Waals surface area (Å²) in [7, 11) is 1.66. The van der Waals surface area contributed by atoms with Crippen LogP contribution in [0, 0.1) is 0 Å². The van der Waals surface area contributed by atoms with E-state index >= 15 is 0 Å². The largest absolute Gasteiger partial charge is 0.497 e. The van der Waals surface area contributed by atoms with E-state index in [1.807, 2.05) is 30.3 Å². The number of rotatable bonds is 6. The molecule has 0 N–H and O–H groups in total. The van der Waals surface area contributed by atoms with Gasteiger partial charge in [0, 0.05) is 18.7 Å². The lowest BCUT2D eigenvalue weighted by atomic mass is 9.76. The van der Waals surface area contributed by atoms with Crippen LogP contribution in [0.4, 0.5) is 0 Å². The Hall–Kier alpha value is -2.91. The number of ketones is 1. The topological polar surface area (TPSA) is 29.5 Å². The SMILES string of the molecule is COc1ccc2c(c1)CCC(C)(N(Cc1ccccc1)Cc1ccccc1)C2=O. The lowest BCUT2D eigenvalue weighted by Gasteiger charge is -2.43. The molecule has 0 aliphatic heterocycles. The Kier molecular flexibility index (Phi) is 5.50. The third-order valence-corrected chi connectivity index (χ3v) is 6.06. The molecule has 0 bridgehead atoms.